The van der Waals surface area contributed by atoms with E-state index in [9.17, 15) is 22.8 Å². The Bertz CT molecular complexity index is 1190. The number of carbonyl (C=O) groups excluding carboxylic acids is 2. The molecule has 1 aromatic carbocycles. The van der Waals surface area contributed by atoms with E-state index in [1.807, 2.05) is 4.90 Å². The molecule has 3 heterocycles. The molecule has 1 aliphatic rings. The number of carbonyl (C=O) groups is 2. The van der Waals surface area contributed by atoms with Gasteiger partial charge < -0.3 is 25.7 Å². The summed E-state index contributed by atoms with van der Waals surface area (Å²) in [6.45, 7) is 2.52. The summed E-state index contributed by atoms with van der Waals surface area (Å²) in [4.78, 5) is 34.2. The number of alkyl halides is 3. The lowest BCUT2D eigenvalue weighted by Gasteiger charge is -2.28. The number of nitrogens with zero attached hydrogens (tertiary/aromatic N) is 2. The topological polar surface area (TPSA) is 113 Å². The Kier molecular flexibility index (Phi) is 6.05. The number of anilines is 3. The monoisotopic (exact) mass is 459 g/mol. The molecule has 1 aliphatic heterocycles. The van der Waals surface area contributed by atoms with Crippen LogP contribution in [-0.4, -0.2) is 48.0 Å². The van der Waals surface area contributed by atoms with Crippen molar-refractivity contribution in [2.75, 3.05) is 42.3 Å². The average Bonchev–Trinajstić information content (AvgIpc) is 3.30. The van der Waals surface area contributed by atoms with E-state index >= 15 is 0 Å². The number of hydrogen-bond acceptors (Lipinski definition) is 6. The lowest BCUT2D eigenvalue weighted by Crippen LogP contribution is -2.36. The highest BCUT2D eigenvalue weighted by Gasteiger charge is 2.35. The van der Waals surface area contributed by atoms with Gasteiger partial charge in [0.15, 0.2) is 5.78 Å². The Balaban J connectivity index is 1.49. The van der Waals surface area contributed by atoms with Crippen LogP contribution in [-0.2, 0) is 10.9 Å². The maximum Gasteiger partial charge on any atom is 0.417 e. The predicted octanol–water partition coefficient (Wildman–Crippen LogP) is 3.33. The Morgan fingerprint density at radius 3 is 2.55 bits per heavy atom. The molecule has 4 N–H and O–H groups in total. The second kappa shape index (κ2) is 8.94. The molecule has 33 heavy (non-hydrogen) atoms. The Morgan fingerprint density at radius 1 is 1.12 bits per heavy atom. The molecule has 0 aliphatic carbocycles. The molecule has 3 aromatic rings. The van der Waals surface area contributed by atoms with E-state index in [0.29, 0.717) is 32.1 Å². The highest BCUT2D eigenvalue weighted by Crippen LogP contribution is 2.33. The van der Waals surface area contributed by atoms with Gasteiger partial charge >= 0.3 is 6.18 Å². The minimum atomic E-state index is -4.68. The summed E-state index contributed by atoms with van der Waals surface area (Å²) in [6.07, 6.45) is -3.49. The standard InChI is InChI=1S/C22H20F3N5O3/c23-22(24,25)15-4-2-1-3-14(15)19(31)13-11-17(27-12-13)21(32)28-16-5-6-18(29-20(16)26)30-7-9-33-10-8-30/h1-6,11-12,27H,7-10H2,(H2,26,29)(H,28,32). The minimum Gasteiger partial charge on any atom is -0.382 e. The number of ketones is 1. The van der Waals surface area contributed by atoms with Crippen LogP contribution < -0.4 is 16.0 Å². The first-order valence-corrected chi connectivity index (χ1v) is 10.0. The van der Waals surface area contributed by atoms with Gasteiger partial charge in [-0.15, -0.1) is 0 Å². The van der Waals surface area contributed by atoms with Gasteiger partial charge in [0.2, 0.25) is 0 Å². The van der Waals surface area contributed by atoms with Crippen molar-refractivity contribution in [2.24, 2.45) is 0 Å². The second-order valence-corrected chi connectivity index (χ2v) is 7.33. The van der Waals surface area contributed by atoms with E-state index in [4.69, 9.17) is 10.5 Å². The molecule has 0 radical (unpaired) electrons. The largest absolute Gasteiger partial charge is 0.417 e. The number of ether oxygens (including phenoxy) is 1. The van der Waals surface area contributed by atoms with Crippen molar-refractivity contribution in [3.8, 4) is 0 Å². The van der Waals surface area contributed by atoms with Crippen LogP contribution in [0.15, 0.2) is 48.7 Å². The number of aromatic nitrogens is 2. The fourth-order valence-electron chi connectivity index (χ4n) is 3.47. The van der Waals surface area contributed by atoms with Crippen LogP contribution >= 0.6 is 0 Å². The minimum absolute atomic E-state index is 0.0144. The molecule has 8 nitrogen and oxygen atoms in total. The Hall–Kier alpha value is -3.86. The number of benzene rings is 1. The molecule has 1 amide bonds. The fraction of sp³-hybridized carbons (Fsp3) is 0.227. The molecular weight excluding hydrogens is 439 g/mol. The summed E-state index contributed by atoms with van der Waals surface area (Å²) in [5, 5.41) is 2.59. The maximum absolute atomic E-state index is 13.2. The lowest BCUT2D eigenvalue weighted by atomic mass is 9.99. The van der Waals surface area contributed by atoms with Crippen LogP contribution in [0.1, 0.15) is 32.0 Å². The number of pyridine rings is 1. The van der Waals surface area contributed by atoms with Crippen LogP contribution in [0.2, 0.25) is 0 Å². The van der Waals surface area contributed by atoms with Crippen molar-refractivity contribution in [3.63, 3.8) is 0 Å². The van der Waals surface area contributed by atoms with E-state index in [1.54, 1.807) is 12.1 Å². The van der Waals surface area contributed by atoms with Crippen molar-refractivity contribution >= 4 is 29.0 Å². The number of aromatic amines is 1. The van der Waals surface area contributed by atoms with Gasteiger partial charge in [0.05, 0.1) is 24.5 Å². The van der Waals surface area contributed by atoms with Crippen molar-refractivity contribution in [3.05, 3.63) is 71.0 Å². The van der Waals surface area contributed by atoms with Gasteiger partial charge in [-0.05, 0) is 24.3 Å². The van der Waals surface area contributed by atoms with E-state index in [2.05, 4.69) is 15.3 Å². The fourth-order valence-corrected chi connectivity index (χ4v) is 3.47. The van der Waals surface area contributed by atoms with E-state index in [-0.39, 0.29) is 22.8 Å². The predicted molar refractivity (Wildman–Crippen MR) is 115 cm³/mol. The normalized spacial score (nSPS) is 14.2. The number of amides is 1. The highest BCUT2D eigenvalue weighted by atomic mass is 19.4. The van der Waals surface area contributed by atoms with Gasteiger partial charge in [0, 0.05) is 30.4 Å². The summed E-state index contributed by atoms with van der Waals surface area (Å²) < 4.78 is 45.0. The molecule has 0 bridgehead atoms. The second-order valence-electron chi connectivity index (χ2n) is 7.33. The zero-order valence-corrected chi connectivity index (χ0v) is 17.3. The van der Waals surface area contributed by atoms with Gasteiger partial charge in [-0.25, -0.2) is 4.98 Å². The molecule has 0 unspecified atom stereocenters. The molecule has 1 fully saturated rings. The third kappa shape index (κ3) is 4.82. The third-order valence-corrected chi connectivity index (χ3v) is 5.16. The quantitative estimate of drug-likeness (QED) is 0.505. The smallest absolute Gasteiger partial charge is 0.382 e. The van der Waals surface area contributed by atoms with Crippen LogP contribution in [0, 0.1) is 0 Å². The highest BCUT2D eigenvalue weighted by molar-refractivity contribution is 6.12. The summed E-state index contributed by atoms with van der Waals surface area (Å²) in [7, 11) is 0. The molecule has 0 saturated carbocycles. The first kappa shape index (κ1) is 22.3. The molecule has 2 aromatic heterocycles. The SMILES string of the molecule is Nc1nc(N2CCOCC2)ccc1NC(=O)c1cc(C(=O)c2ccccc2C(F)(F)F)c[nH]1. The summed E-state index contributed by atoms with van der Waals surface area (Å²) >= 11 is 0. The van der Waals surface area contributed by atoms with Crippen molar-refractivity contribution < 1.29 is 27.5 Å². The van der Waals surface area contributed by atoms with E-state index in [1.165, 1.54) is 24.4 Å². The zero-order chi connectivity index (χ0) is 23.6. The van der Waals surface area contributed by atoms with Crippen LogP contribution in [0.5, 0.6) is 0 Å². The third-order valence-electron chi connectivity index (χ3n) is 5.16. The maximum atomic E-state index is 13.2. The number of rotatable bonds is 5. The first-order chi connectivity index (χ1) is 15.7. The van der Waals surface area contributed by atoms with E-state index in [0.717, 1.165) is 12.1 Å². The number of H-pyrrole nitrogens is 1. The summed E-state index contributed by atoms with van der Waals surface area (Å²) in [5.41, 5.74) is 4.62. The number of nitrogens with two attached hydrogens (primary N) is 1. The number of nitrogens with one attached hydrogen (secondary N) is 2. The first-order valence-electron chi connectivity index (χ1n) is 10.0. The van der Waals surface area contributed by atoms with Crippen molar-refractivity contribution in [1.82, 2.24) is 9.97 Å². The Morgan fingerprint density at radius 2 is 1.85 bits per heavy atom. The van der Waals surface area contributed by atoms with Crippen LogP contribution in [0.3, 0.4) is 0 Å². The molecule has 0 spiro atoms. The van der Waals surface area contributed by atoms with Crippen molar-refractivity contribution in [2.45, 2.75) is 6.18 Å². The molecule has 0 atom stereocenters. The van der Waals surface area contributed by atoms with Gasteiger partial charge in [-0.2, -0.15) is 13.2 Å². The van der Waals surface area contributed by atoms with Gasteiger partial charge in [-0.3, -0.25) is 9.59 Å². The lowest BCUT2D eigenvalue weighted by molar-refractivity contribution is -0.137. The number of morpholine rings is 1. The van der Waals surface area contributed by atoms with E-state index < -0.39 is 29.0 Å². The average molecular weight is 459 g/mol. The number of nitrogen functional groups attached to an aromatic ring is 1. The van der Waals surface area contributed by atoms with Crippen LogP contribution in [0.4, 0.5) is 30.5 Å². The van der Waals surface area contributed by atoms with Gasteiger partial charge in [0.25, 0.3) is 5.91 Å². The summed E-state index contributed by atoms with van der Waals surface area (Å²) in [5.74, 6) is -0.709. The molecule has 11 heteroatoms. The molecule has 1 saturated heterocycles. The zero-order valence-electron chi connectivity index (χ0n) is 17.3. The number of halogens is 3. The van der Waals surface area contributed by atoms with Crippen LogP contribution in [0.25, 0.3) is 0 Å². The van der Waals surface area contributed by atoms with Crippen molar-refractivity contribution in [1.29, 1.82) is 0 Å². The Labute approximate surface area is 186 Å². The molecule has 172 valence electrons. The van der Waals surface area contributed by atoms with Gasteiger partial charge in [0.1, 0.15) is 17.3 Å². The summed E-state index contributed by atoms with van der Waals surface area (Å²) in [6, 6.07) is 9.01. The van der Waals surface area contributed by atoms with Gasteiger partial charge in [-0.1, -0.05) is 18.2 Å². The molecule has 4 rings (SSSR count). The number of hydrogen-bond donors (Lipinski definition) is 3. The molecular formula is C22H20F3N5O3.